The molecule has 1 aliphatic rings. The summed E-state index contributed by atoms with van der Waals surface area (Å²) in [7, 11) is -3.51. The van der Waals surface area contributed by atoms with E-state index in [2.05, 4.69) is 10.3 Å². The van der Waals surface area contributed by atoms with Crippen LogP contribution in [0.5, 0.6) is 0 Å². The lowest BCUT2D eigenvalue weighted by Crippen LogP contribution is -2.38. The number of anilines is 2. The molecule has 108 valence electrons. The zero-order valence-corrected chi connectivity index (χ0v) is 13.2. The van der Waals surface area contributed by atoms with Crippen LogP contribution < -0.4 is 9.62 Å². The number of aryl methyl sites for hydroxylation is 1. The van der Waals surface area contributed by atoms with Crippen molar-refractivity contribution < 1.29 is 8.42 Å². The molecule has 8 heteroatoms. The number of nitrogens with zero attached hydrogens (tertiary/aromatic N) is 2. The highest BCUT2D eigenvalue weighted by atomic mass is 35.5. The Morgan fingerprint density at radius 2 is 2.10 bits per heavy atom. The van der Waals surface area contributed by atoms with Gasteiger partial charge in [-0.05, 0) is 19.1 Å². The molecule has 0 spiro atoms. The number of hydrogen-bond donors (Lipinski definition) is 1. The van der Waals surface area contributed by atoms with Crippen LogP contribution in [0.3, 0.4) is 0 Å². The van der Waals surface area contributed by atoms with Crippen molar-refractivity contribution in [1.29, 1.82) is 0 Å². The molecule has 0 amide bonds. The van der Waals surface area contributed by atoms with E-state index in [0.29, 0.717) is 23.0 Å². The van der Waals surface area contributed by atoms with Gasteiger partial charge in [0.2, 0.25) is 0 Å². The minimum atomic E-state index is -3.51. The first kappa shape index (κ1) is 15.1. The third-order valence-corrected chi connectivity index (χ3v) is 6.11. The van der Waals surface area contributed by atoms with Gasteiger partial charge < -0.3 is 5.32 Å². The van der Waals surface area contributed by atoms with Crippen LogP contribution in [-0.2, 0) is 10.0 Å². The number of nitrogens with one attached hydrogen (secondary N) is 1. The second-order valence-corrected chi connectivity index (χ2v) is 7.54. The van der Waals surface area contributed by atoms with Gasteiger partial charge in [0.05, 0.1) is 29.1 Å². The van der Waals surface area contributed by atoms with Gasteiger partial charge in [-0.1, -0.05) is 12.1 Å². The Morgan fingerprint density at radius 1 is 1.35 bits per heavy atom. The van der Waals surface area contributed by atoms with Crippen molar-refractivity contribution in [3.05, 3.63) is 35.5 Å². The fourth-order valence-electron chi connectivity index (χ4n) is 2.07. The van der Waals surface area contributed by atoms with Crippen molar-refractivity contribution in [2.75, 3.05) is 22.7 Å². The molecule has 0 fully saturated rings. The van der Waals surface area contributed by atoms with Crippen molar-refractivity contribution in [3.8, 4) is 0 Å². The van der Waals surface area contributed by atoms with E-state index >= 15 is 0 Å². The lowest BCUT2D eigenvalue weighted by Gasteiger charge is -2.30. The Balaban J connectivity index is 0.00000147. The summed E-state index contributed by atoms with van der Waals surface area (Å²) >= 11 is 1.20. The maximum absolute atomic E-state index is 12.6. The Bertz CT molecular complexity index is 715. The highest BCUT2D eigenvalue weighted by molar-refractivity contribution is 7.94. The molecule has 0 unspecified atom stereocenters. The van der Waals surface area contributed by atoms with Gasteiger partial charge in [-0.15, -0.1) is 23.7 Å². The molecular formula is C12H14ClN3O2S2. The van der Waals surface area contributed by atoms with E-state index in [1.54, 1.807) is 6.92 Å². The first-order chi connectivity index (χ1) is 9.09. The third kappa shape index (κ3) is 2.48. The van der Waals surface area contributed by atoms with Crippen LogP contribution in [-0.4, -0.2) is 26.5 Å². The first-order valence-electron chi connectivity index (χ1n) is 5.87. The molecule has 0 aliphatic carbocycles. The Kier molecular flexibility index (Phi) is 4.22. The maximum atomic E-state index is 12.6. The van der Waals surface area contributed by atoms with Crippen molar-refractivity contribution >= 4 is 45.1 Å². The molecule has 0 radical (unpaired) electrons. The van der Waals surface area contributed by atoms with Crippen molar-refractivity contribution in [1.82, 2.24) is 4.98 Å². The van der Waals surface area contributed by atoms with Gasteiger partial charge in [-0.25, -0.2) is 13.4 Å². The predicted molar refractivity (Wildman–Crippen MR) is 83.6 cm³/mol. The van der Waals surface area contributed by atoms with Crippen LogP contribution in [0.25, 0.3) is 0 Å². The summed E-state index contributed by atoms with van der Waals surface area (Å²) in [5, 5.41) is 3.95. The molecule has 1 aliphatic heterocycles. The zero-order valence-electron chi connectivity index (χ0n) is 10.7. The summed E-state index contributed by atoms with van der Waals surface area (Å²) in [5.74, 6) is 0. The number of hydrogen-bond acceptors (Lipinski definition) is 5. The molecular weight excluding hydrogens is 318 g/mol. The van der Waals surface area contributed by atoms with E-state index in [1.165, 1.54) is 21.8 Å². The summed E-state index contributed by atoms with van der Waals surface area (Å²) in [6, 6.07) is 7.42. The number of halogens is 1. The Hall–Kier alpha value is -1.31. The molecule has 20 heavy (non-hydrogen) atoms. The number of sulfonamides is 1. The SMILES string of the molecule is Cc1ncc(S(=O)(=O)N2CCNc3ccccc32)s1.Cl. The topological polar surface area (TPSA) is 62.3 Å². The number of fused-ring (bicyclic) bond motifs is 1. The molecule has 1 aromatic carbocycles. The molecule has 5 nitrogen and oxygen atoms in total. The number of aromatic nitrogens is 1. The predicted octanol–water partition coefficient (Wildman–Crippen LogP) is 2.49. The molecule has 0 atom stereocenters. The molecule has 0 saturated carbocycles. The van der Waals surface area contributed by atoms with Crippen molar-refractivity contribution in [2.45, 2.75) is 11.1 Å². The van der Waals surface area contributed by atoms with E-state index in [4.69, 9.17) is 0 Å². The monoisotopic (exact) mass is 331 g/mol. The first-order valence-corrected chi connectivity index (χ1v) is 8.13. The van der Waals surface area contributed by atoms with Crippen LogP contribution in [0, 0.1) is 6.92 Å². The molecule has 2 aromatic rings. The smallest absolute Gasteiger partial charge is 0.275 e. The molecule has 0 saturated heterocycles. The minimum Gasteiger partial charge on any atom is -0.382 e. The second-order valence-electron chi connectivity index (χ2n) is 4.22. The highest BCUT2D eigenvalue weighted by Gasteiger charge is 2.30. The summed E-state index contributed by atoms with van der Waals surface area (Å²) in [6.45, 7) is 2.83. The van der Waals surface area contributed by atoms with E-state index in [1.807, 2.05) is 24.3 Å². The van der Waals surface area contributed by atoms with E-state index < -0.39 is 10.0 Å². The van der Waals surface area contributed by atoms with Gasteiger partial charge >= 0.3 is 0 Å². The van der Waals surface area contributed by atoms with Gasteiger partial charge in [0.1, 0.15) is 0 Å². The average molecular weight is 332 g/mol. The zero-order chi connectivity index (χ0) is 13.5. The summed E-state index contributed by atoms with van der Waals surface area (Å²) in [5.41, 5.74) is 1.54. The van der Waals surface area contributed by atoms with Gasteiger partial charge in [0, 0.05) is 6.54 Å². The van der Waals surface area contributed by atoms with Gasteiger partial charge in [0.25, 0.3) is 10.0 Å². The van der Waals surface area contributed by atoms with E-state index in [0.717, 1.165) is 10.7 Å². The standard InChI is InChI=1S/C12H13N3O2S2.ClH/c1-9-14-8-12(18-9)19(16,17)15-7-6-13-10-4-2-3-5-11(10)15;/h2-5,8,13H,6-7H2,1H3;1H. The number of rotatable bonds is 2. The molecule has 3 rings (SSSR count). The highest BCUT2D eigenvalue weighted by Crippen LogP contribution is 2.34. The molecule has 0 bridgehead atoms. The van der Waals surface area contributed by atoms with Crippen LogP contribution in [0.1, 0.15) is 5.01 Å². The number of benzene rings is 1. The summed E-state index contributed by atoms with van der Waals surface area (Å²) in [6.07, 6.45) is 1.43. The largest absolute Gasteiger partial charge is 0.382 e. The van der Waals surface area contributed by atoms with E-state index in [9.17, 15) is 8.42 Å². The average Bonchev–Trinajstić information content (AvgIpc) is 2.85. The minimum absolute atomic E-state index is 0. The lowest BCUT2D eigenvalue weighted by molar-refractivity contribution is 0.592. The van der Waals surface area contributed by atoms with Gasteiger partial charge in [0.15, 0.2) is 4.21 Å². The van der Waals surface area contributed by atoms with Crippen molar-refractivity contribution in [3.63, 3.8) is 0 Å². The summed E-state index contributed by atoms with van der Waals surface area (Å²) < 4.78 is 27.0. The fourth-order valence-corrected chi connectivity index (χ4v) is 4.78. The van der Waals surface area contributed by atoms with Gasteiger partial charge in [-0.3, -0.25) is 4.31 Å². The molecule has 1 aromatic heterocycles. The Labute approximate surface area is 128 Å². The van der Waals surface area contributed by atoms with Crippen LogP contribution in [0.15, 0.2) is 34.7 Å². The molecule has 1 N–H and O–H groups in total. The fraction of sp³-hybridized carbons (Fsp3) is 0.250. The number of para-hydroxylation sites is 2. The third-order valence-electron chi connectivity index (χ3n) is 2.95. The Morgan fingerprint density at radius 3 is 2.80 bits per heavy atom. The van der Waals surface area contributed by atoms with Crippen LogP contribution in [0.4, 0.5) is 11.4 Å². The maximum Gasteiger partial charge on any atom is 0.275 e. The number of thiazole rings is 1. The van der Waals surface area contributed by atoms with Crippen LogP contribution >= 0.6 is 23.7 Å². The lowest BCUT2D eigenvalue weighted by atomic mass is 10.2. The van der Waals surface area contributed by atoms with E-state index in [-0.39, 0.29) is 12.4 Å². The second kappa shape index (κ2) is 5.59. The molecule has 2 heterocycles. The quantitative estimate of drug-likeness (QED) is 0.918. The normalized spacial score (nSPS) is 14.2. The van der Waals surface area contributed by atoms with Crippen molar-refractivity contribution in [2.24, 2.45) is 0 Å². The van der Waals surface area contributed by atoms with Gasteiger partial charge in [-0.2, -0.15) is 0 Å². The summed E-state index contributed by atoms with van der Waals surface area (Å²) in [4.78, 5) is 4.03. The van der Waals surface area contributed by atoms with Crippen LogP contribution in [0.2, 0.25) is 0 Å².